The van der Waals surface area contributed by atoms with Gasteiger partial charge in [-0.3, -0.25) is 0 Å². The fraction of sp³-hybridized carbons (Fsp3) is 0.455. The minimum absolute atomic E-state index is 0.195. The number of ether oxygens (including phenoxy) is 1. The first-order valence-electron chi connectivity index (χ1n) is 4.88. The van der Waals surface area contributed by atoms with Crippen LogP contribution in [0.4, 0.5) is 4.39 Å². The van der Waals surface area contributed by atoms with E-state index in [-0.39, 0.29) is 11.9 Å². The van der Waals surface area contributed by atoms with Gasteiger partial charge in [-0.2, -0.15) is 0 Å². The molecular weight excluding hydrogens is 181 g/mol. The van der Waals surface area contributed by atoms with Crippen LogP contribution in [0.15, 0.2) is 18.2 Å². The molecule has 0 bridgehead atoms. The number of halogens is 1. The second kappa shape index (κ2) is 3.58. The molecule has 0 radical (unpaired) electrons. The Labute approximate surface area is 82.9 Å². The van der Waals surface area contributed by atoms with Gasteiger partial charge in [-0.25, -0.2) is 4.39 Å². The molecule has 0 spiro atoms. The number of hydrogen-bond acceptors (Lipinski definition) is 2. The van der Waals surface area contributed by atoms with Gasteiger partial charge in [-0.15, -0.1) is 0 Å². The van der Waals surface area contributed by atoms with E-state index in [1.165, 1.54) is 12.1 Å². The van der Waals surface area contributed by atoms with Gasteiger partial charge in [0.2, 0.25) is 0 Å². The van der Waals surface area contributed by atoms with Crippen LogP contribution >= 0.6 is 0 Å². The van der Waals surface area contributed by atoms with Crippen LogP contribution in [-0.4, -0.2) is 6.10 Å². The van der Waals surface area contributed by atoms with Gasteiger partial charge in [0, 0.05) is 11.6 Å². The monoisotopic (exact) mass is 195 g/mol. The normalized spacial score (nSPS) is 17.9. The highest BCUT2D eigenvalue weighted by molar-refractivity contribution is 5.36. The first-order valence-corrected chi connectivity index (χ1v) is 4.88. The van der Waals surface area contributed by atoms with Gasteiger partial charge in [-0.1, -0.05) is 0 Å². The van der Waals surface area contributed by atoms with E-state index < -0.39 is 0 Å². The Hall–Kier alpha value is -1.09. The summed E-state index contributed by atoms with van der Waals surface area (Å²) in [5.41, 5.74) is 6.48. The highest BCUT2D eigenvalue weighted by Crippen LogP contribution is 2.31. The van der Waals surface area contributed by atoms with E-state index >= 15 is 0 Å². The van der Waals surface area contributed by atoms with Crippen molar-refractivity contribution < 1.29 is 9.13 Å². The predicted octanol–water partition coefficient (Wildman–Crippen LogP) is 2.39. The van der Waals surface area contributed by atoms with Crippen molar-refractivity contribution in [3.8, 4) is 5.75 Å². The molecule has 14 heavy (non-hydrogen) atoms. The molecule has 76 valence electrons. The summed E-state index contributed by atoms with van der Waals surface area (Å²) in [5, 5.41) is 0. The summed E-state index contributed by atoms with van der Waals surface area (Å²) in [7, 11) is 0. The number of nitrogens with two attached hydrogens (primary N) is 1. The Morgan fingerprint density at radius 1 is 1.50 bits per heavy atom. The quantitative estimate of drug-likeness (QED) is 0.803. The summed E-state index contributed by atoms with van der Waals surface area (Å²) in [5.74, 6) is 0.462. The highest BCUT2D eigenvalue weighted by atomic mass is 19.1. The molecule has 0 aromatic heterocycles. The minimum atomic E-state index is -0.263. The van der Waals surface area contributed by atoms with Gasteiger partial charge in [0.1, 0.15) is 11.6 Å². The molecule has 2 rings (SSSR count). The minimum Gasteiger partial charge on any atom is -0.490 e. The van der Waals surface area contributed by atoms with Crippen LogP contribution in [0.5, 0.6) is 5.75 Å². The molecular formula is C11H14FNO. The third kappa shape index (κ3) is 2.04. The molecule has 1 aromatic carbocycles. The van der Waals surface area contributed by atoms with Crippen LogP contribution in [0.3, 0.4) is 0 Å². The maximum atomic E-state index is 12.9. The fourth-order valence-electron chi connectivity index (χ4n) is 1.35. The van der Waals surface area contributed by atoms with Crippen molar-refractivity contribution in [3.63, 3.8) is 0 Å². The Morgan fingerprint density at radius 3 is 2.79 bits per heavy atom. The maximum absolute atomic E-state index is 12.9. The second-order valence-electron chi connectivity index (χ2n) is 3.79. The van der Waals surface area contributed by atoms with Crippen molar-refractivity contribution in [3.05, 3.63) is 29.6 Å². The zero-order valence-corrected chi connectivity index (χ0v) is 8.16. The van der Waals surface area contributed by atoms with Crippen molar-refractivity contribution in [2.75, 3.05) is 0 Å². The fourth-order valence-corrected chi connectivity index (χ4v) is 1.35. The summed E-state index contributed by atoms with van der Waals surface area (Å²) < 4.78 is 18.6. The molecule has 1 aliphatic rings. The molecule has 0 amide bonds. The molecule has 0 unspecified atom stereocenters. The zero-order valence-electron chi connectivity index (χ0n) is 8.16. The van der Waals surface area contributed by atoms with Gasteiger partial charge in [-0.05, 0) is 38.0 Å². The van der Waals surface area contributed by atoms with Gasteiger partial charge >= 0.3 is 0 Å². The van der Waals surface area contributed by atoms with E-state index in [0.717, 1.165) is 24.2 Å². The SMILES string of the molecule is C[C@@H](N)c1cc(F)ccc1OC1CC1. The third-order valence-electron chi connectivity index (χ3n) is 2.28. The molecule has 0 saturated heterocycles. The smallest absolute Gasteiger partial charge is 0.124 e. The van der Waals surface area contributed by atoms with Crippen LogP contribution in [0.2, 0.25) is 0 Å². The molecule has 0 heterocycles. The van der Waals surface area contributed by atoms with Crippen LogP contribution in [0, 0.1) is 5.82 Å². The highest BCUT2D eigenvalue weighted by Gasteiger charge is 2.25. The first kappa shape index (κ1) is 9.46. The van der Waals surface area contributed by atoms with Gasteiger partial charge in [0.15, 0.2) is 0 Å². The molecule has 1 saturated carbocycles. The summed E-state index contributed by atoms with van der Waals surface area (Å²) in [6, 6.07) is 4.32. The lowest BCUT2D eigenvalue weighted by atomic mass is 10.1. The average Bonchev–Trinajstić information content (AvgIpc) is 2.91. The van der Waals surface area contributed by atoms with E-state index in [9.17, 15) is 4.39 Å². The van der Waals surface area contributed by atoms with Crippen LogP contribution < -0.4 is 10.5 Å². The summed E-state index contributed by atoms with van der Waals surface area (Å²) in [4.78, 5) is 0. The lowest BCUT2D eigenvalue weighted by Gasteiger charge is -2.13. The van der Waals surface area contributed by atoms with Gasteiger partial charge < -0.3 is 10.5 Å². The van der Waals surface area contributed by atoms with Crippen molar-refractivity contribution in [1.29, 1.82) is 0 Å². The van der Waals surface area contributed by atoms with Crippen LogP contribution in [0.1, 0.15) is 31.4 Å². The Kier molecular flexibility index (Phi) is 2.42. The standard InChI is InChI=1S/C11H14FNO/c1-7(13)10-6-8(12)2-5-11(10)14-9-3-4-9/h2,5-7,9H,3-4,13H2,1H3/t7-/m1/s1. The summed E-state index contributed by atoms with van der Waals surface area (Å²) in [6.45, 7) is 1.83. The third-order valence-corrected chi connectivity index (χ3v) is 2.28. The Bertz CT molecular complexity index is 334. The number of benzene rings is 1. The van der Waals surface area contributed by atoms with E-state index in [0.29, 0.717) is 6.10 Å². The molecule has 1 aliphatic carbocycles. The lowest BCUT2D eigenvalue weighted by Crippen LogP contribution is -2.09. The van der Waals surface area contributed by atoms with Gasteiger partial charge in [0.25, 0.3) is 0 Å². The maximum Gasteiger partial charge on any atom is 0.124 e. The van der Waals surface area contributed by atoms with Crippen molar-refractivity contribution in [2.45, 2.75) is 31.9 Å². The molecule has 2 nitrogen and oxygen atoms in total. The Balaban J connectivity index is 2.26. The van der Waals surface area contributed by atoms with Crippen molar-refractivity contribution in [2.24, 2.45) is 5.73 Å². The second-order valence-corrected chi connectivity index (χ2v) is 3.79. The van der Waals surface area contributed by atoms with Crippen LogP contribution in [-0.2, 0) is 0 Å². The van der Waals surface area contributed by atoms with Crippen molar-refractivity contribution >= 4 is 0 Å². The topological polar surface area (TPSA) is 35.2 Å². The lowest BCUT2D eigenvalue weighted by molar-refractivity contribution is 0.298. The van der Waals surface area contributed by atoms with Crippen LogP contribution in [0.25, 0.3) is 0 Å². The molecule has 1 atom stereocenters. The Morgan fingerprint density at radius 2 is 2.21 bits per heavy atom. The number of rotatable bonds is 3. The van der Waals surface area contributed by atoms with Gasteiger partial charge in [0.05, 0.1) is 6.10 Å². The molecule has 0 aliphatic heterocycles. The predicted molar refractivity (Wildman–Crippen MR) is 52.7 cm³/mol. The molecule has 3 heteroatoms. The summed E-state index contributed by atoms with van der Waals surface area (Å²) in [6.07, 6.45) is 2.50. The molecule has 2 N–H and O–H groups in total. The largest absolute Gasteiger partial charge is 0.490 e. The summed E-state index contributed by atoms with van der Waals surface area (Å²) >= 11 is 0. The van der Waals surface area contributed by atoms with E-state index in [4.69, 9.17) is 10.5 Å². The van der Waals surface area contributed by atoms with Crippen molar-refractivity contribution in [1.82, 2.24) is 0 Å². The zero-order chi connectivity index (χ0) is 10.1. The first-order chi connectivity index (χ1) is 6.66. The van der Waals surface area contributed by atoms with E-state index in [2.05, 4.69) is 0 Å². The molecule has 1 aromatic rings. The molecule has 1 fully saturated rings. The number of hydrogen-bond donors (Lipinski definition) is 1. The average molecular weight is 195 g/mol. The van der Waals surface area contributed by atoms with E-state index in [1.54, 1.807) is 6.07 Å². The van der Waals surface area contributed by atoms with E-state index in [1.807, 2.05) is 6.92 Å².